The monoisotopic (exact) mass is 296 g/mol. The van der Waals surface area contributed by atoms with E-state index >= 15 is 0 Å². The molecule has 1 aromatic rings. The van der Waals surface area contributed by atoms with Crippen molar-refractivity contribution in [2.75, 3.05) is 20.1 Å². The van der Waals surface area contributed by atoms with Crippen LogP contribution in [0.1, 0.15) is 45.1 Å². The van der Waals surface area contributed by atoms with Crippen molar-refractivity contribution in [2.24, 2.45) is 0 Å². The van der Waals surface area contributed by atoms with Crippen LogP contribution in [0.25, 0.3) is 0 Å². The second-order valence-electron chi connectivity index (χ2n) is 5.72. The average molecular weight is 297 g/mol. The van der Waals surface area contributed by atoms with Gasteiger partial charge in [0.25, 0.3) is 0 Å². The Morgan fingerprint density at radius 3 is 2.55 bits per heavy atom. The van der Waals surface area contributed by atoms with Gasteiger partial charge in [0.15, 0.2) is 0 Å². The fraction of sp³-hybridized carbons (Fsp3) is 0.647. The Morgan fingerprint density at radius 1 is 1.20 bits per heavy atom. The van der Waals surface area contributed by atoms with Gasteiger partial charge in [-0.2, -0.15) is 0 Å². The number of rotatable bonds is 10. The minimum Gasteiger partial charge on any atom is -0.313 e. The molecule has 1 unspecified atom stereocenters. The van der Waals surface area contributed by atoms with Crippen LogP contribution in [-0.4, -0.2) is 31.1 Å². The third kappa shape index (κ3) is 7.88. The molecule has 0 aromatic heterocycles. The Kier molecular flexibility index (Phi) is 8.92. The number of halogens is 1. The van der Waals surface area contributed by atoms with E-state index in [9.17, 15) is 0 Å². The van der Waals surface area contributed by atoms with E-state index in [0.29, 0.717) is 6.04 Å². The van der Waals surface area contributed by atoms with Gasteiger partial charge in [0.05, 0.1) is 0 Å². The molecule has 0 bridgehead atoms. The normalized spacial score (nSPS) is 12.8. The lowest BCUT2D eigenvalue weighted by Gasteiger charge is -2.19. The summed E-state index contributed by atoms with van der Waals surface area (Å²) >= 11 is 5.90. The molecule has 0 amide bonds. The highest BCUT2D eigenvalue weighted by Crippen LogP contribution is 2.10. The summed E-state index contributed by atoms with van der Waals surface area (Å²) in [5.74, 6) is 0. The molecule has 0 radical (unpaired) electrons. The summed E-state index contributed by atoms with van der Waals surface area (Å²) in [6.45, 7) is 7.64. The molecule has 0 aliphatic rings. The first-order valence-electron chi connectivity index (χ1n) is 7.78. The second-order valence-corrected chi connectivity index (χ2v) is 6.15. The molecule has 20 heavy (non-hydrogen) atoms. The summed E-state index contributed by atoms with van der Waals surface area (Å²) < 4.78 is 0. The number of benzene rings is 1. The SMILES string of the molecule is CCCCCC(C)NCCN(C)Cc1ccc(Cl)cc1. The number of likely N-dealkylation sites (N-methyl/N-ethyl adjacent to an activating group) is 1. The molecule has 2 nitrogen and oxygen atoms in total. The van der Waals surface area contributed by atoms with Crippen molar-refractivity contribution in [1.82, 2.24) is 10.2 Å². The van der Waals surface area contributed by atoms with Crippen molar-refractivity contribution in [3.05, 3.63) is 34.9 Å². The molecule has 0 saturated carbocycles. The van der Waals surface area contributed by atoms with E-state index in [1.165, 1.54) is 31.2 Å². The highest BCUT2D eigenvalue weighted by Gasteiger charge is 2.03. The lowest BCUT2D eigenvalue weighted by atomic mass is 10.1. The zero-order valence-corrected chi connectivity index (χ0v) is 13.9. The van der Waals surface area contributed by atoms with Gasteiger partial charge in [-0.3, -0.25) is 0 Å². The van der Waals surface area contributed by atoms with Crippen molar-refractivity contribution in [1.29, 1.82) is 0 Å². The molecule has 0 aliphatic heterocycles. The lowest BCUT2D eigenvalue weighted by molar-refractivity contribution is 0.315. The topological polar surface area (TPSA) is 15.3 Å². The van der Waals surface area contributed by atoms with Crippen molar-refractivity contribution in [3.8, 4) is 0 Å². The van der Waals surface area contributed by atoms with E-state index < -0.39 is 0 Å². The predicted octanol–water partition coefficient (Wildman–Crippen LogP) is 4.33. The van der Waals surface area contributed by atoms with Gasteiger partial charge in [-0.05, 0) is 38.1 Å². The van der Waals surface area contributed by atoms with Crippen LogP contribution in [0.15, 0.2) is 24.3 Å². The van der Waals surface area contributed by atoms with Gasteiger partial charge in [-0.15, -0.1) is 0 Å². The fourth-order valence-corrected chi connectivity index (χ4v) is 2.41. The van der Waals surface area contributed by atoms with Crippen LogP contribution < -0.4 is 5.32 Å². The van der Waals surface area contributed by atoms with E-state index in [4.69, 9.17) is 11.6 Å². The van der Waals surface area contributed by atoms with Crippen LogP contribution in [0.5, 0.6) is 0 Å². The number of hydrogen-bond acceptors (Lipinski definition) is 2. The average Bonchev–Trinajstić information content (AvgIpc) is 2.42. The van der Waals surface area contributed by atoms with Crippen LogP contribution in [0, 0.1) is 0 Å². The molecule has 1 rings (SSSR count). The summed E-state index contributed by atoms with van der Waals surface area (Å²) in [5, 5.41) is 4.41. The van der Waals surface area contributed by atoms with Crippen molar-refractivity contribution < 1.29 is 0 Å². The summed E-state index contributed by atoms with van der Waals surface area (Å²) in [5.41, 5.74) is 1.31. The van der Waals surface area contributed by atoms with Crippen LogP contribution >= 0.6 is 11.6 Å². The van der Waals surface area contributed by atoms with Gasteiger partial charge >= 0.3 is 0 Å². The van der Waals surface area contributed by atoms with Crippen molar-refractivity contribution >= 4 is 11.6 Å². The number of unbranched alkanes of at least 4 members (excludes halogenated alkanes) is 2. The maximum atomic E-state index is 5.90. The van der Waals surface area contributed by atoms with Crippen LogP contribution in [-0.2, 0) is 6.54 Å². The van der Waals surface area contributed by atoms with Gasteiger partial charge in [0, 0.05) is 30.7 Å². The molecule has 0 saturated heterocycles. The Hall–Kier alpha value is -0.570. The quantitative estimate of drug-likeness (QED) is 0.647. The van der Waals surface area contributed by atoms with Crippen molar-refractivity contribution in [3.63, 3.8) is 0 Å². The second kappa shape index (κ2) is 10.2. The highest BCUT2D eigenvalue weighted by atomic mass is 35.5. The minimum absolute atomic E-state index is 0.630. The lowest BCUT2D eigenvalue weighted by Crippen LogP contribution is -2.34. The molecule has 0 heterocycles. The molecule has 0 fully saturated rings. The van der Waals surface area contributed by atoms with Crippen LogP contribution in [0.4, 0.5) is 0 Å². The summed E-state index contributed by atoms with van der Waals surface area (Å²) in [6, 6.07) is 8.74. The van der Waals surface area contributed by atoms with Gasteiger partial charge < -0.3 is 10.2 Å². The molecule has 114 valence electrons. The van der Waals surface area contributed by atoms with E-state index in [1.54, 1.807) is 0 Å². The smallest absolute Gasteiger partial charge is 0.0406 e. The molecule has 0 aliphatic carbocycles. The zero-order valence-electron chi connectivity index (χ0n) is 13.2. The predicted molar refractivity (Wildman–Crippen MR) is 89.4 cm³/mol. The maximum Gasteiger partial charge on any atom is 0.0406 e. The Bertz CT molecular complexity index is 351. The van der Waals surface area contributed by atoms with Crippen LogP contribution in [0.3, 0.4) is 0 Å². The number of nitrogens with zero attached hydrogens (tertiary/aromatic N) is 1. The summed E-state index contributed by atoms with van der Waals surface area (Å²) in [4.78, 5) is 2.34. The first kappa shape index (κ1) is 17.5. The molecule has 1 N–H and O–H groups in total. The van der Waals surface area contributed by atoms with Crippen LogP contribution in [0.2, 0.25) is 5.02 Å². The van der Waals surface area contributed by atoms with Gasteiger partial charge in [0.2, 0.25) is 0 Å². The van der Waals surface area contributed by atoms with E-state index in [0.717, 1.165) is 24.7 Å². The Labute approximate surface area is 129 Å². The number of hydrogen-bond donors (Lipinski definition) is 1. The Morgan fingerprint density at radius 2 is 1.90 bits per heavy atom. The standard InChI is InChI=1S/C17H29ClN2/c1-4-5-6-7-15(2)19-12-13-20(3)14-16-8-10-17(18)11-9-16/h8-11,15,19H,4-7,12-14H2,1-3H3. The first-order valence-corrected chi connectivity index (χ1v) is 8.16. The van der Waals surface area contributed by atoms with E-state index in [2.05, 4.69) is 43.2 Å². The Balaban J connectivity index is 2.13. The third-order valence-electron chi connectivity index (χ3n) is 3.59. The third-order valence-corrected chi connectivity index (χ3v) is 3.84. The summed E-state index contributed by atoms with van der Waals surface area (Å²) in [6.07, 6.45) is 5.28. The fourth-order valence-electron chi connectivity index (χ4n) is 2.28. The minimum atomic E-state index is 0.630. The molecule has 1 aromatic carbocycles. The molecule has 1 atom stereocenters. The van der Waals surface area contributed by atoms with E-state index in [-0.39, 0.29) is 0 Å². The van der Waals surface area contributed by atoms with E-state index in [1.807, 2.05) is 12.1 Å². The summed E-state index contributed by atoms with van der Waals surface area (Å²) in [7, 11) is 2.16. The van der Waals surface area contributed by atoms with Gasteiger partial charge in [-0.1, -0.05) is 49.9 Å². The zero-order chi connectivity index (χ0) is 14.8. The molecular weight excluding hydrogens is 268 g/mol. The molecule has 3 heteroatoms. The highest BCUT2D eigenvalue weighted by molar-refractivity contribution is 6.30. The maximum absolute atomic E-state index is 5.90. The van der Waals surface area contributed by atoms with Gasteiger partial charge in [-0.25, -0.2) is 0 Å². The molecular formula is C17H29ClN2. The number of nitrogens with one attached hydrogen (secondary N) is 1. The van der Waals surface area contributed by atoms with Crippen molar-refractivity contribution in [2.45, 2.75) is 52.1 Å². The molecule has 0 spiro atoms. The first-order chi connectivity index (χ1) is 9.61. The van der Waals surface area contributed by atoms with Gasteiger partial charge in [0.1, 0.15) is 0 Å². The largest absolute Gasteiger partial charge is 0.313 e.